The number of aromatic nitrogens is 5. The molecule has 0 bridgehead atoms. The third-order valence-electron chi connectivity index (χ3n) is 4.93. The van der Waals surface area contributed by atoms with Crippen molar-refractivity contribution in [2.75, 3.05) is 5.32 Å². The van der Waals surface area contributed by atoms with Gasteiger partial charge >= 0.3 is 0 Å². The molecular weight excluding hydrogens is 352 g/mol. The molecule has 1 aromatic carbocycles. The van der Waals surface area contributed by atoms with Gasteiger partial charge < -0.3 is 10.1 Å². The van der Waals surface area contributed by atoms with E-state index in [1.807, 2.05) is 43.2 Å². The monoisotopic (exact) mass is 374 g/mol. The van der Waals surface area contributed by atoms with E-state index in [2.05, 4.69) is 40.6 Å². The molecule has 1 aliphatic rings. The van der Waals surface area contributed by atoms with Crippen LogP contribution in [0.4, 0.5) is 11.6 Å². The fraction of sp³-hybridized carbons (Fsp3) is 0.286. The highest BCUT2D eigenvalue weighted by atomic mass is 16.5. The number of nitrogens with zero attached hydrogens (tertiary/aromatic N) is 5. The van der Waals surface area contributed by atoms with Crippen molar-refractivity contribution in [3.05, 3.63) is 48.2 Å². The van der Waals surface area contributed by atoms with Gasteiger partial charge in [0.15, 0.2) is 5.65 Å². The van der Waals surface area contributed by atoms with E-state index >= 15 is 0 Å². The third kappa shape index (κ3) is 3.09. The van der Waals surface area contributed by atoms with Crippen LogP contribution >= 0.6 is 0 Å². The van der Waals surface area contributed by atoms with Gasteiger partial charge in [0.1, 0.15) is 17.4 Å². The van der Waals surface area contributed by atoms with E-state index < -0.39 is 0 Å². The number of hydrogen-bond donors (Lipinski definition) is 1. The van der Waals surface area contributed by atoms with Gasteiger partial charge in [-0.25, -0.2) is 4.98 Å². The highest BCUT2D eigenvalue weighted by Crippen LogP contribution is 2.34. The molecule has 142 valence electrons. The van der Waals surface area contributed by atoms with E-state index in [4.69, 9.17) is 9.72 Å². The van der Waals surface area contributed by atoms with Gasteiger partial charge in [0, 0.05) is 31.8 Å². The van der Waals surface area contributed by atoms with Gasteiger partial charge in [0.2, 0.25) is 0 Å². The van der Waals surface area contributed by atoms with E-state index in [0.717, 1.165) is 46.7 Å². The van der Waals surface area contributed by atoms with Crippen LogP contribution in [0.5, 0.6) is 5.75 Å². The summed E-state index contributed by atoms with van der Waals surface area (Å²) >= 11 is 0. The van der Waals surface area contributed by atoms with Crippen LogP contribution in [0.3, 0.4) is 0 Å². The van der Waals surface area contributed by atoms with Crippen LogP contribution in [0.1, 0.15) is 18.4 Å². The number of anilines is 2. The normalized spacial score (nSPS) is 13.8. The van der Waals surface area contributed by atoms with Gasteiger partial charge in [-0.1, -0.05) is 23.8 Å². The number of benzene rings is 1. The van der Waals surface area contributed by atoms with Gasteiger partial charge in [-0.05, 0) is 25.8 Å². The molecule has 1 saturated carbocycles. The largest absolute Gasteiger partial charge is 0.489 e. The van der Waals surface area contributed by atoms with Crippen molar-refractivity contribution in [3.63, 3.8) is 0 Å². The molecule has 3 heterocycles. The van der Waals surface area contributed by atoms with E-state index in [1.165, 1.54) is 5.56 Å². The molecule has 0 spiro atoms. The van der Waals surface area contributed by atoms with Crippen LogP contribution in [0.15, 0.2) is 42.6 Å². The van der Waals surface area contributed by atoms with Crippen LogP contribution in [-0.2, 0) is 14.1 Å². The zero-order chi connectivity index (χ0) is 19.3. The molecular formula is C21H22N6O. The number of ether oxygens (including phenoxy) is 1. The molecule has 4 aromatic rings. The average Bonchev–Trinajstić information content (AvgIpc) is 3.31. The highest BCUT2D eigenvalue weighted by molar-refractivity contribution is 5.84. The zero-order valence-electron chi connectivity index (χ0n) is 16.2. The van der Waals surface area contributed by atoms with Gasteiger partial charge in [0.05, 0.1) is 23.4 Å². The first-order valence-corrected chi connectivity index (χ1v) is 9.44. The lowest BCUT2D eigenvalue weighted by Crippen LogP contribution is -2.04. The Bertz CT molecular complexity index is 1170. The molecule has 1 aliphatic carbocycles. The Morgan fingerprint density at radius 1 is 1.11 bits per heavy atom. The Hall–Kier alpha value is -3.35. The fourth-order valence-corrected chi connectivity index (χ4v) is 3.27. The SMILES string of the molecule is Cc1cccc(-c2cc(Nc3cc(OC4CC4)c4cnn(C)c4n3)n(C)n2)c1. The van der Waals surface area contributed by atoms with Crippen LogP contribution in [0.2, 0.25) is 0 Å². The molecule has 0 saturated heterocycles. The van der Waals surface area contributed by atoms with Crippen molar-refractivity contribution in [1.82, 2.24) is 24.5 Å². The molecule has 0 unspecified atom stereocenters. The average molecular weight is 374 g/mol. The molecule has 7 heteroatoms. The number of rotatable bonds is 5. The van der Waals surface area contributed by atoms with Crippen LogP contribution < -0.4 is 10.1 Å². The molecule has 0 amide bonds. The smallest absolute Gasteiger partial charge is 0.163 e. The summed E-state index contributed by atoms with van der Waals surface area (Å²) in [7, 11) is 3.81. The summed E-state index contributed by atoms with van der Waals surface area (Å²) in [5, 5.41) is 13.3. The summed E-state index contributed by atoms with van der Waals surface area (Å²) in [6.07, 6.45) is 4.33. The molecule has 0 aliphatic heterocycles. The molecule has 7 nitrogen and oxygen atoms in total. The molecule has 0 atom stereocenters. The molecule has 0 radical (unpaired) electrons. The Morgan fingerprint density at radius 3 is 2.75 bits per heavy atom. The van der Waals surface area contributed by atoms with Crippen molar-refractivity contribution in [1.29, 1.82) is 0 Å². The highest BCUT2D eigenvalue weighted by Gasteiger charge is 2.25. The Kier molecular flexibility index (Phi) is 3.82. The van der Waals surface area contributed by atoms with Crippen molar-refractivity contribution in [2.45, 2.75) is 25.9 Å². The number of fused-ring (bicyclic) bond motifs is 1. The minimum Gasteiger partial charge on any atom is -0.489 e. The lowest BCUT2D eigenvalue weighted by Gasteiger charge is -2.10. The standard InChI is InChI=1S/C21H22N6O/c1-13-5-4-6-14(9-13)17-10-20(26(2)25-17)23-19-11-18(28-15-7-8-15)16-12-22-27(3)21(16)24-19/h4-6,9-12,15H,7-8H2,1-3H3,(H,23,24). The second-order valence-corrected chi connectivity index (χ2v) is 7.36. The quantitative estimate of drug-likeness (QED) is 0.573. The van der Waals surface area contributed by atoms with Crippen LogP contribution in [0, 0.1) is 6.92 Å². The minimum absolute atomic E-state index is 0.309. The maximum Gasteiger partial charge on any atom is 0.163 e. The predicted octanol–water partition coefficient (Wildman–Crippen LogP) is 3.96. The fourth-order valence-electron chi connectivity index (χ4n) is 3.27. The van der Waals surface area contributed by atoms with E-state index in [0.29, 0.717) is 11.9 Å². The lowest BCUT2D eigenvalue weighted by atomic mass is 10.1. The number of aryl methyl sites for hydroxylation is 3. The van der Waals surface area contributed by atoms with Crippen LogP contribution in [-0.4, -0.2) is 30.6 Å². The minimum atomic E-state index is 0.309. The summed E-state index contributed by atoms with van der Waals surface area (Å²) in [6, 6.07) is 12.3. The Balaban J connectivity index is 1.50. The van der Waals surface area contributed by atoms with Crippen molar-refractivity contribution < 1.29 is 4.74 Å². The summed E-state index contributed by atoms with van der Waals surface area (Å²) < 4.78 is 9.69. The summed E-state index contributed by atoms with van der Waals surface area (Å²) in [5.74, 6) is 2.40. The van der Waals surface area contributed by atoms with Gasteiger partial charge in [-0.15, -0.1) is 0 Å². The molecule has 3 aromatic heterocycles. The molecule has 1 fully saturated rings. The van der Waals surface area contributed by atoms with Crippen molar-refractivity contribution >= 4 is 22.7 Å². The third-order valence-corrected chi connectivity index (χ3v) is 4.93. The van der Waals surface area contributed by atoms with E-state index in [9.17, 15) is 0 Å². The number of pyridine rings is 1. The second-order valence-electron chi connectivity index (χ2n) is 7.36. The van der Waals surface area contributed by atoms with Crippen molar-refractivity contribution in [3.8, 4) is 17.0 Å². The number of nitrogens with one attached hydrogen (secondary N) is 1. The predicted molar refractivity (Wildman–Crippen MR) is 109 cm³/mol. The Labute approximate surface area is 163 Å². The Morgan fingerprint density at radius 2 is 1.96 bits per heavy atom. The molecule has 28 heavy (non-hydrogen) atoms. The molecule has 1 N–H and O–H groups in total. The summed E-state index contributed by atoms with van der Waals surface area (Å²) in [6.45, 7) is 2.08. The van der Waals surface area contributed by atoms with Gasteiger partial charge in [-0.3, -0.25) is 9.36 Å². The second kappa shape index (κ2) is 6.37. The first-order chi connectivity index (χ1) is 13.6. The maximum absolute atomic E-state index is 6.09. The first kappa shape index (κ1) is 16.8. The van der Waals surface area contributed by atoms with Crippen molar-refractivity contribution in [2.24, 2.45) is 14.1 Å². The molecule has 5 rings (SSSR count). The topological polar surface area (TPSA) is 69.8 Å². The zero-order valence-corrected chi connectivity index (χ0v) is 16.2. The first-order valence-electron chi connectivity index (χ1n) is 9.44. The lowest BCUT2D eigenvalue weighted by molar-refractivity contribution is 0.307. The van der Waals surface area contributed by atoms with E-state index in [-0.39, 0.29) is 0 Å². The summed E-state index contributed by atoms with van der Waals surface area (Å²) in [5.41, 5.74) is 4.02. The summed E-state index contributed by atoms with van der Waals surface area (Å²) in [4.78, 5) is 4.72. The van der Waals surface area contributed by atoms with E-state index in [1.54, 1.807) is 4.68 Å². The van der Waals surface area contributed by atoms with Crippen LogP contribution in [0.25, 0.3) is 22.3 Å². The van der Waals surface area contributed by atoms with Gasteiger partial charge in [-0.2, -0.15) is 10.2 Å². The van der Waals surface area contributed by atoms with Gasteiger partial charge in [0.25, 0.3) is 0 Å². The number of hydrogen-bond acceptors (Lipinski definition) is 5. The maximum atomic E-state index is 6.09.